The Kier molecular flexibility index (Phi) is 33.8. The fourth-order valence-electron chi connectivity index (χ4n) is 0. The van der Waals surface area contributed by atoms with E-state index in [4.69, 9.17) is 73.4 Å². The van der Waals surface area contributed by atoms with E-state index < -0.39 is 33.6 Å². The van der Waals surface area contributed by atoms with Gasteiger partial charge in [-0.15, -0.1) is 0 Å². The Morgan fingerprint density at radius 2 is 0.308 bits per heavy atom. The van der Waals surface area contributed by atoms with E-state index in [0.29, 0.717) is 0 Å². The Labute approximate surface area is 216 Å². The van der Waals surface area contributed by atoms with E-state index in [1.807, 2.05) is 0 Å². The van der Waals surface area contributed by atoms with E-state index in [2.05, 4.69) is 59.0 Å². The average Bonchev–Trinajstić information content (AvgIpc) is 1.79. The topological polar surface area (TPSA) is 303 Å². The van der Waals surface area contributed by atoms with Gasteiger partial charge in [-0.1, -0.05) is 0 Å². The molecule has 0 aliphatic rings. The van der Waals surface area contributed by atoms with Crippen LogP contribution in [0.4, 0.5) is 0 Å². The summed E-state index contributed by atoms with van der Waals surface area (Å²) in [5.41, 5.74) is 0. The van der Waals surface area contributed by atoms with E-state index in [1.165, 1.54) is 0 Å². The SMILES string of the molecule is OP(O)(O)=S.OP(O)(O)=S.OP(O)(O)=S.OP(O)(O)=S.OP(O)(O)=S.[H-].[K+]. The molecule has 0 rings (SSSR count). The van der Waals surface area contributed by atoms with Crippen molar-refractivity contribution >= 4 is 92.6 Å². The summed E-state index contributed by atoms with van der Waals surface area (Å²) in [5, 5.41) is 0. The normalized spacial score (nSPS) is 11.3. The van der Waals surface area contributed by atoms with E-state index in [-0.39, 0.29) is 52.8 Å². The van der Waals surface area contributed by atoms with Crippen LogP contribution in [0.2, 0.25) is 0 Å². The van der Waals surface area contributed by atoms with Gasteiger partial charge in [-0.25, -0.2) is 0 Å². The molecule has 0 spiro atoms. The van der Waals surface area contributed by atoms with Gasteiger partial charge in [0, 0.05) is 0 Å². The Balaban J connectivity index is -0.0000000364. The van der Waals surface area contributed by atoms with Crippen LogP contribution in [0.25, 0.3) is 0 Å². The second-order valence-electron chi connectivity index (χ2n) is 2.57. The van der Waals surface area contributed by atoms with Crippen LogP contribution >= 0.6 is 33.6 Å². The average molecular weight is 610 g/mol. The van der Waals surface area contributed by atoms with Gasteiger partial charge in [-0.05, 0) is 59.0 Å². The summed E-state index contributed by atoms with van der Waals surface area (Å²) in [5.74, 6) is 0. The van der Waals surface area contributed by atoms with E-state index >= 15 is 0 Å². The minimum atomic E-state index is -3.81. The van der Waals surface area contributed by atoms with E-state index in [9.17, 15) is 0 Å². The third-order valence-corrected chi connectivity index (χ3v) is 0. The quantitative estimate of drug-likeness (QED) is 0.0895. The van der Waals surface area contributed by atoms with Crippen molar-refractivity contribution in [2.75, 3.05) is 0 Å². The molecule has 162 valence electrons. The molecule has 0 unspecified atom stereocenters. The molecule has 15 N–H and O–H groups in total. The van der Waals surface area contributed by atoms with Gasteiger partial charge in [0.1, 0.15) is 0 Å². The van der Waals surface area contributed by atoms with Gasteiger partial charge in [0.25, 0.3) is 0 Å². The van der Waals surface area contributed by atoms with Crippen LogP contribution in [0, 0.1) is 0 Å². The summed E-state index contributed by atoms with van der Waals surface area (Å²) < 4.78 is 0. The minimum Gasteiger partial charge on any atom is -1.00 e. The van der Waals surface area contributed by atoms with Crippen molar-refractivity contribution in [3.63, 3.8) is 0 Å². The zero-order chi connectivity index (χ0) is 22.5. The molecule has 0 heterocycles. The van der Waals surface area contributed by atoms with E-state index in [0.717, 1.165) is 0 Å². The van der Waals surface area contributed by atoms with Gasteiger partial charge in [-0.2, -0.15) is 0 Å². The van der Waals surface area contributed by atoms with Crippen LogP contribution < -0.4 is 51.4 Å². The maximum absolute atomic E-state index is 7.56. The smallest absolute Gasteiger partial charge is 1.00 e. The molecule has 0 aromatic rings. The molecule has 0 fully saturated rings. The van der Waals surface area contributed by atoms with Crippen molar-refractivity contribution in [2.24, 2.45) is 0 Å². The molecule has 0 aliphatic carbocycles. The number of hydrogen-bond donors (Lipinski definition) is 15. The fourth-order valence-corrected chi connectivity index (χ4v) is 0. The predicted molar refractivity (Wildman–Crippen MR) is 106 cm³/mol. The summed E-state index contributed by atoms with van der Waals surface area (Å²) in [4.78, 5) is 113. The van der Waals surface area contributed by atoms with Gasteiger partial charge in [-0.3, -0.25) is 0 Å². The Bertz CT molecular complexity index is 394. The molecule has 15 nitrogen and oxygen atoms in total. The molecule has 0 bridgehead atoms. The summed E-state index contributed by atoms with van der Waals surface area (Å²) in [6.45, 7) is -19.0. The summed E-state index contributed by atoms with van der Waals surface area (Å²) in [6.07, 6.45) is 0. The second-order valence-corrected chi connectivity index (χ2v) is 15.0. The molecule has 26 heteroatoms. The molecule has 0 aromatic heterocycles. The summed E-state index contributed by atoms with van der Waals surface area (Å²) in [6, 6.07) is 0. The molecular formula is H16KO15P5S5. The first-order valence-electron chi connectivity index (χ1n) is 3.91. The first-order valence-corrected chi connectivity index (χ1v) is 17.2. The van der Waals surface area contributed by atoms with Gasteiger partial charge in [0.2, 0.25) is 0 Å². The van der Waals surface area contributed by atoms with Crippen molar-refractivity contribution < 1.29 is 126 Å². The first-order chi connectivity index (χ1) is 10.0. The van der Waals surface area contributed by atoms with Gasteiger partial charge in [0.15, 0.2) is 0 Å². The summed E-state index contributed by atoms with van der Waals surface area (Å²) in [7, 11) is 0. The monoisotopic (exact) mass is 610 g/mol. The van der Waals surface area contributed by atoms with Gasteiger partial charge < -0.3 is 74.8 Å². The van der Waals surface area contributed by atoms with Crippen LogP contribution in [0.1, 0.15) is 1.43 Å². The van der Waals surface area contributed by atoms with Gasteiger partial charge in [0.05, 0.1) is 0 Å². The largest absolute Gasteiger partial charge is 1.00 e. The number of rotatable bonds is 0. The standard InChI is InChI=1S/K.5H3O3PS.H/c;5*1-4(2,3)5;/h;5*(H3,1,2,3,5);/q+1;;;;;;-1. The van der Waals surface area contributed by atoms with Crippen LogP contribution in [0.3, 0.4) is 0 Å². The molecular weight excluding hydrogens is 594 g/mol. The summed E-state index contributed by atoms with van der Waals surface area (Å²) >= 11 is 18.0. The Morgan fingerprint density at radius 3 is 0.308 bits per heavy atom. The Morgan fingerprint density at radius 1 is 0.308 bits per heavy atom. The molecule has 0 aliphatic heterocycles. The third-order valence-electron chi connectivity index (χ3n) is 0. The predicted octanol–water partition coefficient (Wildman–Crippen LogP) is -6.94. The number of hydrogen-bond acceptors (Lipinski definition) is 5. The second kappa shape index (κ2) is 19.9. The zero-order valence-corrected chi connectivity index (χ0v) is 23.7. The van der Waals surface area contributed by atoms with E-state index in [1.54, 1.807) is 0 Å². The van der Waals surface area contributed by atoms with Crippen molar-refractivity contribution in [3.8, 4) is 0 Å². The third kappa shape index (κ3) is 1150. The minimum absolute atomic E-state index is 0. The van der Waals surface area contributed by atoms with Crippen LogP contribution in [0.5, 0.6) is 0 Å². The van der Waals surface area contributed by atoms with Crippen LogP contribution in [-0.2, 0) is 59.0 Å². The maximum atomic E-state index is 7.56. The zero-order valence-electron chi connectivity index (χ0n) is 13.0. The van der Waals surface area contributed by atoms with Crippen LogP contribution in [0.15, 0.2) is 0 Å². The van der Waals surface area contributed by atoms with Crippen LogP contribution in [-0.4, -0.2) is 73.4 Å². The molecule has 26 heavy (non-hydrogen) atoms. The van der Waals surface area contributed by atoms with Crippen molar-refractivity contribution in [2.45, 2.75) is 0 Å². The van der Waals surface area contributed by atoms with Crippen molar-refractivity contribution in [1.82, 2.24) is 0 Å². The van der Waals surface area contributed by atoms with Crippen molar-refractivity contribution in [1.29, 1.82) is 0 Å². The fraction of sp³-hybridized carbons (Fsp3) is 0. The maximum Gasteiger partial charge on any atom is 1.00 e. The van der Waals surface area contributed by atoms with Crippen molar-refractivity contribution in [3.05, 3.63) is 0 Å². The van der Waals surface area contributed by atoms with Gasteiger partial charge >= 0.3 is 85.0 Å². The molecule has 0 radical (unpaired) electrons. The molecule has 0 saturated heterocycles. The molecule has 0 atom stereocenters. The molecule has 0 aromatic carbocycles. The molecule has 0 amide bonds. The first kappa shape index (κ1) is 44.0. The molecule has 0 saturated carbocycles. The Hall–Kier alpha value is 4.29.